The molecular weight excluding hydrogens is 211 g/mol. The topological polar surface area (TPSA) is 66.5 Å². The minimum Gasteiger partial charge on any atom is -0.504 e. The summed E-state index contributed by atoms with van der Waals surface area (Å²) >= 11 is 0. The smallest absolute Gasteiger partial charge is 0.416 e. The first-order valence-corrected chi connectivity index (χ1v) is 4.18. The zero-order valence-electron chi connectivity index (χ0n) is 7.67. The predicted octanol–water partition coefficient (Wildman–Crippen LogP) is 1.62. The number of hydrogen-bond acceptors (Lipinski definition) is 3. The molecule has 0 aromatic heterocycles. The maximum Gasteiger partial charge on any atom is 0.416 e. The zero-order valence-corrected chi connectivity index (χ0v) is 7.67. The molecule has 0 radical (unpaired) electrons. The molecule has 0 saturated carbocycles. The number of phenols is 2. The summed E-state index contributed by atoms with van der Waals surface area (Å²) < 4.78 is 37.3. The van der Waals surface area contributed by atoms with Crippen molar-refractivity contribution in [3.8, 4) is 11.5 Å². The first-order chi connectivity index (χ1) is 6.86. The minimum atomic E-state index is -4.56. The molecule has 0 bridgehead atoms. The number of phenolic OH excluding ortho intramolecular Hbond substituents is 2. The van der Waals surface area contributed by atoms with Crippen molar-refractivity contribution in [2.75, 3.05) is 6.54 Å². The Bertz CT molecular complexity index is 363. The normalized spacial score (nSPS) is 11.7. The zero-order chi connectivity index (χ0) is 11.6. The van der Waals surface area contributed by atoms with Crippen LogP contribution in [0.4, 0.5) is 13.2 Å². The van der Waals surface area contributed by atoms with Crippen molar-refractivity contribution in [2.45, 2.75) is 12.6 Å². The van der Waals surface area contributed by atoms with Crippen molar-refractivity contribution in [1.29, 1.82) is 0 Å². The Kier molecular flexibility index (Phi) is 3.09. The summed E-state index contributed by atoms with van der Waals surface area (Å²) in [6.45, 7) is 0.0350. The molecule has 0 atom stereocenters. The highest BCUT2D eigenvalue weighted by Gasteiger charge is 2.34. The highest BCUT2D eigenvalue weighted by atomic mass is 19.4. The largest absolute Gasteiger partial charge is 0.504 e. The van der Waals surface area contributed by atoms with Gasteiger partial charge in [0.05, 0.1) is 5.56 Å². The molecule has 0 saturated heterocycles. The van der Waals surface area contributed by atoms with Crippen LogP contribution in [0.1, 0.15) is 11.1 Å². The summed E-state index contributed by atoms with van der Waals surface area (Å²) in [6.07, 6.45) is -4.57. The number of benzene rings is 1. The molecule has 15 heavy (non-hydrogen) atoms. The van der Waals surface area contributed by atoms with Crippen molar-refractivity contribution < 1.29 is 23.4 Å². The number of hydrogen-bond donors (Lipinski definition) is 3. The van der Waals surface area contributed by atoms with E-state index in [1.165, 1.54) is 0 Å². The number of nitrogens with two attached hydrogens (primary N) is 1. The van der Waals surface area contributed by atoms with E-state index in [1.54, 1.807) is 0 Å². The van der Waals surface area contributed by atoms with Crippen LogP contribution in [-0.2, 0) is 12.6 Å². The third kappa shape index (κ3) is 2.53. The lowest BCUT2D eigenvalue weighted by Gasteiger charge is -2.13. The molecule has 0 amide bonds. The Balaban J connectivity index is 3.28. The molecule has 0 aliphatic heterocycles. The minimum absolute atomic E-state index is 0.0112. The molecule has 3 nitrogen and oxygen atoms in total. The van der Waals surface area contributed by atoms with Crippen LogP contribution in [0.25, 0.3) is 0 Å². The van der Waals surface area contributed by atoms with Crippen molar-refractivity contribution in [3.63, 3.8) is 0 Å². The van der Waals surface area contributed by atoms with Crippen LogP contribution >= 0.6 is 0 Å². The second kappa shape index (κ2) is 3.98. The third-order valence-corrected chi connectivity index (χ3v) is 1.92. The molecule has 0 spiro atoms. The Hall–Kier alpha value is -1.43. The summed E-state index contributed by atoms with van der Waals surface area (Å²) in [5.41, 5.74) is 4.06. The van der Waals surface area contributed by atoms with E-state index < -0.39 is 23.2 Å². The van der Waals surface area contributed by atoms with Gasteiger partial charge in [0, 0.05) is 0 Å². The molecule has 0 fully saturated rings. The quantitative estimate of drug-likeness (QED) is 0.665. The van der Waals surface area contributed by atoms with Gasteiger partial charge in [0.1, 0.15) is 0 Å². The second-order valence-electron chi connectivity index (χ2n) is 3.03. The Morgan fingerprint density at radius 2 is 1.67 bits per heavy atom. The van der Waals surface area contributed by atoms with Gasteiger partial charge in [0.25, 0.3) is 0 Å². The van der Waals surface area contributed by atoms with Crippen LogP contribution in [0.15, 0.2) is 12.1 Å². The maximum atomic E-state index is 12.4. The van der Waals surface area contributed by atoms with Gasteiger partial charge in [-0.1, -0.05) is 0 Å². The monoisotopic (exact) mass is 221 g/mol. The number of rotatable bonds is 2. The Labute approximate surface area is 84.0 Å². The lowest BCUT2D eigenvalue weighted by atomic mass is 10.0. The standard InChI is InChI=1S/C9H10F3NO2/c10-9(11,12)6-4-8(15)7(14)3-5(6)1-2-13/h3-4,14-15H,1-2,13H2. The summed E-state index contributed by atoms with van der Waals surface area (Å²) in [6, 6.07) is 1.38. The van der Waals surface area contributed by atoms with Gasteiger partial charge in [-0.25, -0.2) is 0 Å². The average molecular weight is 221 g/mol. The van der Waals surface area contributed by atoms with E-state index in [0.29, 0.717) is 6.07 Å². The fourth-order valence-electron chi connectivity index (χ4n) is 1.25. The Morgan fingerprint density at radius 1 is 1.13 bits per heavy atom. The number of halogens is 3. The molecule has 1 aromatic carbocycles. The fourth-order valence-corrected chi connectivity index (χ4v) is 1.25. The lowest BCUT2D eigenvalue weighted by molar-refractivity contribution is -0.138. The molecule has 0 aliphatic rings. The van der Waals surface area contributed by atoms with Gasteiger partial charge in [0.2, 0.25) is 0 Å². The number of alkyl halides is 3. The highest BCUT2D eigenvalue weighted by Crippen LogP contribution is 2.38. The molecule has 1 rings (SSSR count). The third-order valence-electron chi connectivity index (χ3n) is 1.92. The van der Waals surface area contributed by atoms with Gasteiger partial charge >= 0.3 is 6.18 Å². The van der Waals surface area contributed by atoms with Crippen LogP contribution in [0, 0.1) is 0 Å². The number of aromatic hydroxyl groups is 2. The molecule has 4 N–H and O–H groups in total. The van der Waals surface area contributed by atoms with E-state index in [9.17, 15) is 13.2 Å². The first-order valence-electron chi connectivity index (χ1n) is 4.18. The van der Waals surface area contributed by atoms with Gasteiger partial charge in [-0.3, -0.25) is 0 Å². The van der Waals surface area contributed by atoms with Crippen LogP contribution in [0.2, 0.25) is 0 Å². The van der Waals surface area contributed by atoms with Crippen molar-refractivity contribution in [3.05, 3.63) is 23.3 Å². The van der Waals surface area contributed by atoms with E-state index in [4.69, 9.17) is 15.9 Å². The van der Waals surface area contributed by atoms with Crippen molar-refractivity contribution >= 4 is 0 Å². The maximum absolute atomic E-state index is 12.4. The van der Waals surface area contributed by atoms with Gasteiger partial charge < -0.3 is 15.9 Å². The molecule has 1 aromatic rings. The lowest BCUT2D eigenvalue weighted by Crippen LogP contribution is -2.12. The van der Waals surface area contributed by atoms with Crippen LogP contribution in [0.3, 0.4) is 0 Å². The van der Waals surface area contributed by atoms with Crippen LogP contribution in [-0.4, -0.2) is 16.8 Å². The molecule has 6 heteroatoms. The van der Waals surface area contributed by atoms with Crippen molar-refractivity contribution in [1.82, 2.24) is 0 Å². The molecule has 84 valence electrons. The summed E-state index contributed by atoms with van der Waals surface area (Å²) in [7, 11) is 0. The van der Waals surface area contributed by atoms with E-state index in [1.807, 2.05) is 0 Å². The summed E-state index contributed by atoms with van der Waals surface area (Å²) in [5.74, 6) is -1.37. The average Bonchev–Trinajstić information content (AvgIpc) is 2.09. The summed E-state index contributed by atoms with van der Waals surface area (Å²) in [4.78, 5) is 0. The Morgan fingerprint density at radius 3 is 2.13 bits per heavy atom. The van der Waals surface area contributed by atoms with E-state index in [2.05, 4.69) is 0 Å². The fraction of sp³-hybridized carbons (Fsp3) is 0.333. The first kappa shape index (κ1) is 11.6. The van der Waals surface area contributed by atoms with Crippen LogP contribution in [0.5, 0.6) is 11.5 Å². The van der Waals surface area contributed by atoms with Gasteiger partial charge in [-0.05, 0) is 30.7 Å². The van der Waals surface area contributed by atoms with E-state index in [0.717, 1.165) is 6.07 Å². The second-order valence-corrected chi connectivity index (χ2v) is 3.03. The van der Waals surface area contributed by atoms with Gasteiger partial charge in [0.15, 0.2) is 11.5 Å². The molecule has 0 unspecified atom stereocenters. The van der Waals surface area contributed by atoms with Crippen molar-refractivity contribution in [2.24, 2.45) is 5.73 Å². The molecule has 0 heterocycles. The summed E-state index contributed by atoms with van der Waals surface area (Å²) in [5, 5.41) is 18.0. The molecular formula is C9H10F3NO2. The SMILES string of the molecule is NCCc1cc(O)c(O)cc1C(F)(F)F. The predicted molar refractivity (Wildman–Crippen MR) is 47.5 cm³/mol. The molecule has 0 aliphatic carbocycles. The van der Waals surface area contributed by atoms with E-state index >= 15 is 0 Å². The van der Waals surface area contributed by atoms with Gasteiger partial charge in [-0.2, -0.15) is 13.2 Å². The van der Waals surface area contributed by atoms with Crippen LogP contribution < -0.4 is 5.73 Å². The van der Waals surface area contributed by atoms with E-state index in [-0.39, 0.29) is 18.5 Å². The highest BCUT2D eigenvalue weighted by molar-refractivity contribution is 5.46. The van der Waals surface area contributed by atoms with Gasteiger partial charge in [-0.15, -0.1) is 0 Å².